The SMILES string of the molecule is NC[C@H]1CC[C@@H](C(=O)NC2CC(c3cc(Br)ccc3Cl)NN2)O1. The Hall–Kier alpha value is -0.700. The maximum Gasteiger partial charge on any atom is 0.250 e. The molecule has 2 fully saturated rings. The highest BCUT2D eigenvalue weighted by molar-refractivity contribution is 9.10. The Morgan fingerprint density at radius 3 is 3.00 bits per heavy atom. The van der Waals surface area contributed by atoms with Crippen molar-refractivity contribution in [1.29, 1.82) is 0 Å². The fourth-order valence-electron chi connectivity index (χ4n) is 2.97. The number of amides is 1. The van der Waals surface area contributed by atoms with Gasteiger partial charge in [0.05, 0.1) is 18.3 Å². The zero-order valence-corrected chi connectivity index (χ0v) is 14.9. The van der Waals surface area contributed by atoms with E-state index in [1.165, 1.54) is 0 Å². The molecule has 6 nitrogen and oxygen atoms in total. The number of carbonyl (C=O) groups excluding carboxylic acids is 1. The van der Waals surface area contributed by atoms with Gasteiger partial charge in [-0.05, 0) is 36.6 Å². The van der Waals surface area contributed by atoms with Gasteiger partial charge in [-0.2, -0.15) is 0 Å². The molecule has 23 heavy (non-hydrogen) atoms. The summed E-state index contributed by atoms with van der Waals surface area (Å²) in [7, 11) is 0. The number of rotatable bonds is 4. The Kier molecular flexibility index (Phi) is 5.56. The third kappa shape index (κ3) is 4.04. The number of nitrogens with two attached hydrogens (primary N) is 1. The van der Waals surface area contributed by atoms with E-state index in [1.807, 2.05) is 18.2 Å². The maximum atomic E-state index is 12.2. The van der Waals surface area contributed by atoms with Gasteiger partial charge >= 0.3 is 0 Å². The predicted octanol–water partition coefficient (Wildman–Crippen LogP) is 1.59. The molecule has 0 saturated carbocycles. The Bertz CT molecular complexity index is 589. The second-order valence-corrected chi connectivity index (χ2v) is 7.19. The van der Waals surface area contributed by atoms with Crippen molar-refractivity contribution in [1.82, 2.24) is 16.2 Å². The van der Waals surface area contributed by atoms with E-state index in [0.717, 1.165) is 22.9 Å². The van der Waals surface area contributed by atoms with Crippen molar-refractivity contribution in [2.75, 3.05) is 6.54 Å². The van der Waals surface area contributed by atoms with Gasteiger partial charge in [-0.25, -0.2) is 10.9 Å². The monoisotopic (exact) mass is 402 g/mol. The summed E-state index contributed by atoms with van der Waals surface area (Å²) >= 11 is 9.71. The molecule has 0 radical (unpaired) electrons. The van der Waals surface area contributed by atoms with Gasteiger partial charge < -0.3 is 15.8 Å². The van der Waals surface area contributed by atoms with Crippen LogP contribution in [0.3, 0.4) is 0 Å². The fraction of sp³-hybridized carbons (Fsp3) is 0.533. The van der Waals surface area contributed by atoms with Crippen molar-refractivity contribution in [3.63, 3.8) is 0 Å². The lowest BCUT2D eigenvalue weighted by Crippen LogP contribution is -2.48. The molecule has 8 heteroatoms. The van der Waals surface area contributed by atoms with Crippen molar-refractivity contribution in [2.24, 2.45) is 5.73 Å². The van der Waals surface area contributed by atoms with Gasteiger partial charge in [0, 0.05) is 22.5 Å². The van der Waals surface area contributed by atoms with E-state index < -0.39 is 6.10 Å². The van der Waals surface area contributed by atoms with Gasteiger partial charge in [0.25, 0.3) is 0 Å². The largest absolute Gasteiger partial charge is 0.364 e. The molecule has 1 aromatic rings. The minimum Gasteiger partial charge on any atom is -0.364 e. The molecule has 2 heterocycles. The van der Waals surface area contributed by atoms with Crippen LogP contribution in [0.5, 0.6) is 0 Å². The second-order valence-electron chi connectivity index (χ2n) is 5.86. The minimum atomic E-state index is -0.404. The summed E-state index contributed by atoms with van der Waals surface area (Å²) in [6.45, 7) is 0.455. The predicted molar refractivity (Wildman–Crippen MR) is 91.7 cm³/mol. The molecule has 1 aromatic carbocycles. The molecule has 2 unspecified atom stereocenters. The van der Waals surface area contributed by atoms with Crippen molar-refractivity contribution in [3.05, 3.63) is 33.3 Å². The van der Waals surface area contributed by atoms with Crippen molar-refractivity contribution < 1.29 is 9.53 Å². The molecular weight excluding hydrogens is 384 g/mol. The maximum absolute atomic E-state index is 12.2. The molecule has 0 aromatic heterocycles. The molecule has 5 N–H and O–H groups in total. The van der Waals surface area contributed by atoms with E-state index in [-0.39, 0.29) is 24.2 Å². The molecule has 1 amide bonds. The molecule has 2 aliphatic rings. The molecule has 3 rings (SSSR count). The second kappa shape index (κ2) is 7.46. The Labute approximate surface area is 148 Å². The first kappa shape index (κ1) is 17.1. The van der Waals surface area contributed by atoms with E-state index in [0.29, 0.717) is 18.0 Å². The quantitative estimate of drug-likeness (QED) is 0.613. The third-order valence-electron chi connectivity index (χ3n) is 4.22. The Morgan fingerprint density at radius 2 is 2.26 bits per heavy atom. The first-order chi connectivity index (χ1) is 11.1. The summed E-state index contributed by atoms with van der Waals surface area (Å²) in [5, 5.41) is 3.66. The summed E-state index contributed by atoms with van der Waals surface area (Å²) in [5.41, 5.74) is 12.8. The van der Waals surface area contributed by atoms with Crippen LogP contribution in [0, 0.1) is 0 Å². The first-order valence-corrected chi connectivity index (χ1v) is 8.86. The topological polar surface area (TPSA) is 88.4 Å². The highest BCUT2D eigenvalue weighted by Crippen LogP contribution is 2.30. The third-order valence-corrected chi connectivity index (χ3v) is 5.05. The number of nitrogens with one attached hydrogen (secondary N) is 3. The van der Waals surface area contributed by atoms with Gasteiger partial charge in [0.15, 0.2) is 0 Å². The van der Waals surface area contributed by atoms with Gasteiger partial charge in [0.1, 0.15) is 6.10 Å². The van der Waals surface area contributed by atoms with E-state index in [9.17, 15) is 4.79 Å². The number of hydrazine groups is 1. The van der Waals surface area contributed by atoms with Crippen LogP contribution in [-0.4, -0.2) is 30.8 Å². The van der Waals surface area contributed by atoms with E-state index in [2.05, 4.69) is 32.1 Å². The van der Waals surface area contributed by atoms with Gasteiger partial charge in [0.2, 0.25) is 5.91 Å². The van der Waals surface area contributed by atoms with Crippen LogP contribution in [0.15, 0.2) is 22.7 Å². The average molecular weight is 404 g/mol. The lowest BCUT2D eigenvalue weighted by molar-refractivity contribution is -0.132. The molecule has 2 aliphatic heterocycles. The number of hydrogen-bond acceptors (Lipinski definition) is 5. The van der Waals surface area contributed by atoms with Gasteiger partial charge in [-0.15, -0.1) is 0 Å². The van der Waals surface area contributed by atoms with Crippen LogP contribution in [0.25, 0.3) is 0 Å². The summed E-state index contributed by atoms with van der Waals surface area (Å²) in [6.07, 6.45) is 1.68. The Morgan fingerprint density at radius 1 is 1.43 bits per heavy atom. The molecule has 0 aliphatic carbocycles. The Balaban J connectivity index is 1.56. The lowest BCUT2D eigenvalue weighted by Gasteiger charge is -2.16. The van der Waals surface area contributed by atoms with Crippen molar-refractivity contribution in [2.45, 2.75) is 43.7 Å². The van der Waals surface area contributed by atoms with Crippen LogP contribution >= 0.6 is 27.5 Å². The molecule has 0 bridgehead atoms. The van der Waals surface area contributed by atoms with Crippen LogP contribution in [0.4, 0.5) is 0 Å². The van der Waals surface area contributed by atoms with Gasteiger partial charge in [-0.3, -0.25) is 4.79 Å². The van der Waals surface area contributed by atoms with Crippen molar-refractivity contribution >= 4 is 33.4 Å². The van der Waals surface area contributed by atoms with Crippen LogP contribution in [0.2, 0.25) is 5.02 Å². The molecule has 2 saturated heterocycles. The van der Waals surface area contributed by atoms with E-state index in [1.54, 1.807) is 0 Å². The van der Waals surface area contributed by atoms with Crippen LogP contribution in [0.1, 0.15) is 30.9 Å². The zero-order valence-electron chi connectivity index (χ0n) is 12.5. The van der Waals surface area contributed by atoms with Crippen LogP contribution < -0.4 is 21.9 Å². The zero-order chi connectivity index (χ0) is 16.4. The molecule has 4 atom stereocenters. The standard InChI is InChI=1S/C15H20BrClN4O2/c16-8-1-3-11(17)10(5-8)12-6-14(21-20-12)19-15(22)13-4-2-9(7-18)23-13/h1,3,5,9,12-14,20-21H,2,4,6-7,18H2,(H,19,22)/t9-,12?,13+,14?/m1/s1. The molecular formula is C15H20BrClN4O2. The number of ether oxygens (including phenoxy) is 1. The number of benzene rings is 1. The number of carbonyl (C=O) groups is 1. The summed E-state index contributed by atoms with van der Waals surface area (Å²) in [6, 6.07) is 5.77. The van der Waals surface area contributed by atoms with E-state index >= 15 is 0 Å². The highest BCUT2D eigenvalue weighted by atomic mass is 79.9. The summed E-state index contributed by atoms with van der Waals surface area (Å²) < 4.78 is 6.59. The first-order valence-electron chi connectivity index (χ1n) is 7.68. The molecule has 0 spiro atoms. The number of halogens is 2. The van der Waals surface area contributed by atoms with Gasteiger partial charge in [-0.1, -0.05) is 27.5 Å². The van der Waals surface area contributed by atoms with E-state index in [4.69, 9.17) is 22.1 Å². The lowest BCUT2D eigenvalue weighted by atomic mass is 10.0. The normalized spacial score (nSPS) is 30.6. The minimum absolute atomic E-state index is 0.00589. The number of hydrogen-bond donors (Lipinski definition) is 4. The highest BCUT2D eigenvalue weighted by Gasteiger charge is 2.33. The van der Waals surface area contributed by atoms with Crippen LogP contribution in [-0.2, 0) is 9.53 Å². The smallest absolute Gasteiger partial charge is 0.250 e. The summed E-state index contributed by atoms with van der Waals surface area (Å²) in [4.78, 5) is 12.2. The average Bonchev–Trinajstić information content (AvgIpc) is 3.18. The van der Waals surface area contributed by atoms with Crippen molar-refractivity contribution in [3.8, 4) is 0 Å². The summed E-state index contributed by atoms with van der Waals surface area (Å²) in [5.74, 6) is -0.0961. The fourth-order valence-corrected chi connectivity index (χ4v) is 3.60. The molecule has 126 valence electrons.